The molecule has 0 amide bonds. The van der Waals surface area contributed by atoms with Gasteiger partial charge in [0.1, 0.15) is 11.5 Å². The maximum atomic E-state index is 13.0. The van der Waals surface area contributed by atoms with Gasteiger partial charge in [-0.15, -0.1) is 0 Å². The number of nitrogens with one attached hydrogen (secondary N) is 1. The summed E-state index contributed by atoms with van der Waals surface area (Å²) >= 11 is 0. The van der Waals surface area contributed by atoms with Crippen LogP contribution in [0.4, 0.5) is 4.39 Å². The largest absolute Gasteiger partial charge is 0.454 e. The second kappa shape index (κ2) is 5.39. The van der Waals surface area contributed by atoms with Gasteiger partial charge in [0, 0.05) is 12.1 Å². The van der Waals surface area contributed by atoms with Crippen molar-refractivity contribution in [3.8, 4) is 11.5 Å². The molecule has 5 nitrogen and oxygen atoms in total. The second-order valence-electron chi connectivity index (χ2n) is 5.36. The van der Waals surface area contributed by atoms with Gasteiger partial charge in [-0.1, -0.05) is 6.07 Å². The molecular formula is C17H13FN2O3. The molecule has 0 aliphatic carbocycles. The van der Waals surface area contributed by atoms with Crippen LogP contribution in [-0.4, -0.2) is 24.8 Å². The van der Waals surface area contributed by atoms with Crippen molar-refractivity contribution in [2.45, 2.75) is 5.92 Å². The van der Waals surface area contributed by atoms with E-state index in [-0.39, 0.29) is 24.3 Å². The highest BCUT2D eigenvalue weighted by atomic mass is 19.1. The molecule has 2 heterocycles. The van der Waals surface area contributed by atoms with Gasteiger partial charge in [-0.05, 0) is 42.0 Å². The summed E-state index contributed by atoms with van der Waals surface area (Å²) in [6.45, 7) is 0.735. The fraction of sp³-hybridized carbons (Fsp3) is 0.176. The van der Waals surface area contributed by atoms with Crippen LogP contribution >= 0.6 is 0 Å². The number of carbonyl (C=O) groups excluding carboxylic acids is 1. The normalized spacial score (nSPS) is 18.5. The number of ketones is 1. The quantitative estimate of drug-likeness (QED) is 0.885. The summed E-state index contributed by atoms with van der Waals surface area (Å²) < 4.78 is 23.7. The Balaban J connectivity index is 1.64. The number of ether oxygens (including phenoxy) is 2. The van der Waals surface area contributed by atoms with E-state index in [9.17, 15) is 9.18 Å². The summed E-state index contributed by atoms with van der Waals surface area (Å²) in [5.74, 6) is 0.603. The number of hydrazone groups is 1. The SMILES string of the molecule is O=C(C1=NNCC1c1ccc2c(c1)OCO2)c1ccc(F)cc1. The predicted molar refractivity (Wildman–Crippen MR) is 81.5 cm³/mol. The number of hydrogen-bond acceptors (Lipinski definition) is 5. The second-order valence-corrected chi connectivity index (χ2v) is 5.36. The number of Topliss-reactive ketones (excluding diaryl/α,β-unsaturated/α-hetero) is 1. The molecular weight excluding hydrogens is 299 g/mol. The van der Waals surface area contributed by atoms with E-state index in [0.717, 1.165) is 5.56 Å². The van der Waals surface area contributed by atoms with E-state index in [1.54, 1.807) is 0 Å². The van der Waals surface area contributed by atoms with E-state index in [4.69, 9.17) is 9.47 Å². The molecule has 0 radical (unpaired) electrons. The zero-order valence-corrected chi connectivity index (χ0v) is 12.1. The lowest BCUT2D eigenvalue weighted by Gasteiger charge is -2.12. The molecule has 2 aromatic carbocycles. The van der Waals surface area contributed by atoms with Crippen molar-refractivity contribution in [3.05, 3.63) is 59.4 Å². The number of rotatable bonds is 3. The Labute approximate surface area is 131 Å². The molecule has 1 unspecified atom stereocenters. The summed E-state index contributed by atoms with van der Waals surface area (Å²) in [6, 6.07) is 11.1. The smallest absolute Gasteiger partial charge is 0.231 e. The van der Waals surface area contributed by atoms with Crippen LogP contribution in [0.15, 0.2) is 47.6 Å². The number of hydrogen-bond donors (Lipinski definition) is 1. The molecule has 4 rings (SSSR count). The molecule has 0 bridgehead atoms. The number of halogens is 1. The number of benzene rings is 2. The van der Waals surface area contributed by atoms with Gasteiger partial charge in [0.2, 0.25) is 12.6 Å². The van der Waals surface area contributed by atoms with Gasteiger partial charge in [0.05, 0.1) is 5.92 Å². The van der Waals surface area contributed by atoms with Crippen molar-refractivity contribution in [2.75, 3.05) is 13.3 Å². The molecule has 2 aromatic rings. The first-order valence-electron chi connectivity index (χ1n) is 7.22. The fourth-order valence-corrected chi connectivity index (χ4v) is 2.76. The minimum atomic E-state index is -0.375. The minimum Gasteiger partial charge on any atom is -0.454 e. The Morgan fingerprint density at radius 3 is 2.74 bits per heavy atom. The molecule has 0 saturated carbocycles. The van der Waals surface area contributed by atoms with Crippen molar-refractivity contribution in [2.24, 2.45) is 5.10 Å². The van der Waals surface area contributed by atoms with Crippen LogP contribution in [0.2, 0.25) is 0 Å². The highest BCUT2D eigenvalue weighted by Crippen LogP contribution is 2.35. The van der Waals surface area contributed by atoms with Gasteiger partial charge in [-0.25, -0.2) is 4.39 Å². The first-order valence-corrected chi connectivity index (χ1v) is 7.22. The van der Waals surface area contributed by atoms with Gasteiger partial charge >= 0.3 is 0 Å². The molecule has 116 valence electrons. The summed E-state index contributed by atoms with van der Waals surface area (Å²) in [5.41, 5.74) is 4.62. The average Bonchev–Trinajstić information content (AvgIpc) is 3.23. The lowest BCUT2D eigenvalue weighted by atomic mass is 9.90. The molecule has 0 fully saturated rings. The Bertz CT molecular complexity index is 802. The summed E-state index contributed by atoms with van der Waals surface area (Å²) in [4.78, 5) is 12.6. The average molecular weight is 312 g/mol. The maximum absolute atomic E-state index is 13.0. The van der Waals surface area contributed by atoms with Crippen molar-refractivity contribution in [3.63, 3.8) is 0 Å². The Morgan fingerprint density at radius 1 is 1.13 bits per heavy atom. The zero-order valence-electron chi connectivity index (χ0n) is 12.1. The van der Waals surface area contributed by atoms with Gasteiger partial charge in [-0.3, -0.25) is 4.79 Å². The molecule has 6 heteroatoms. The van der Waals surface area contributed by atoms with Gasteiger partial charge in [-0.2, -0.15) is 5.10 Å². The Morgan fingerprint density at radius 2 is 1.91 bits per heavy atom. The third-order valence-electron chi connectivity index (χ3n) is 3.96. The van der Waals surface area contributed by atoms with Gasteiger partial charge in [0.15, 0.2) is 11.5 Å². The highest BCUT2D eigenvalue weighted by Gasteiger charge is 2.30. The third-order valence-corrected chi connectivity index (χ3v) is 3.96. The van der Waals surface area contributed by atoms with E-state index in [0.29, 0.717) is 29.3 Å². The molecule has 1 atom stereocenters. The number of fused-ring (bicyclic) bond motifs is 1. The van der Waals surface area contributed by atoms with Crippen LogP contribution in [0.5, 0.6) is 11.5 Å². The van der Waals surface area contributed by atoms with Crippen molar-refractivity contribution in [1.82, 2.24) is 5.43 Å². The van der Waals surface area contributed by atoms with Crippen LogP contribution < -0.4 is 14.9 Å². The van der Waals surface area contributed by atoms with Crippen LogP contribution in [0, 0.1) is 5.82 Å². The highest BCUT2D eigenvalue weighted by molar-refractivity contribution is 6.48. The Kier molecular flexibility index (Phi) is 3.22. The first-order chi connectivity index (χ1) is 11.2. The maximum Gasteiger partial charge on any atom is 0.231 e. The standard InChI is InChI=1S/C17H13FN2O3/c18-12-4-1-10(2-5-12)17(21)16-13(8-19-20-16)11-3-6-14-15(7-11)23-9-22-14/h1-7,13,19H,8-9H2. The van der Waals surface area contributed by atoms with Crippen molar-refractivity contribution >= 4 is 11.5 Å². The van der Waals surface area contributed by atoms with Crippen LogP contribution in [0.25, 0.3) is 0 Å². The topological polar surface area (TPSA) is 59.9 Å². The Hall–Kier alpha value is -2.89. The molecule has 0 saturated heterocycles. The third kappa shape index (κ3) is 2.42. The zero-order chi connectivity index (χ0) is 15.8. The lowest BCUT2D eigenvalue weighted by molar-refractivity contribution is 0.106. The fourth-order valence-electron chi connectivity index (χ4n) is 2.76. The van der Waals surface area contributed by atoms with Crippen LogP contribution in [0.1, 0.15) is 21.8 Å². The lowest BCUT2D eigenvalue weighted by Crippen LogP contribution is -2.21. The van der Waals surface area contributed by atoms with E-state index < -0.39 is 0 Å². The van der Waals surface area contributed by atoms with E-state index in [2.05, 4.69) is 10.5 Å². The molecule has 2 aliphatic rings. The summed E-state index contributed by atoms with van der Waals surface area (Å²) in [5, 5.41) is 4.14. The number of nitrogens with zero attached hydrogens (tertiary/aromatic N) is 1. The van der Waals surface area contributed by atoms with Crippen molar-refractivity contribution in [1.29, 1.82) is 0 Å². The van der Waals surface area contributed by atoms with Crippen LogP contribution in [-0.2, 0) is 0 Å². The van der Waals surface area contributed by atoms with Gasteiger partial charge < -0.3 is 14.9 Å². The molecule has 0 aromatic heterocycles. The van der Waals surface area contributed by atoms with Crippen molar-refractivity contribution < 1.29 is 18.7 Å². The minimum absolute atomic E-state index is 0.179. The molecule has 2 aliphatic heterocycles. The predicted octanol–water partition coefficient (Wildman–Crippen LogP) is 2.48. The van der Waals surface area contributed by atoms with E-state index in [1.807, 2.05) is 18.2 Å². The van der Waals surface area contributed by atoms with E-state index in [1.165, 1.54) is 24.3 Å². The van der Waals surface area contributed by atoms with Gasteiger partial charge in [0.25, 0.3) is 0 Å². The summed E-state index contributed by atoms with van der Waals surface area (Å²) in [7, 11) is 0. The summed E-state index contributed by atoms with van der Waals surface area (Å²) in [6.07, 6.45) is 0. The molecule has 1 N–H and O–H groups in total. The first kappa shape index (κ1) is 13.8. The monoisotopic (exact) mass is 312 g/mol. The van der Waals surface area contributed by atoms with E-state index >= 15 is 0 Å². The number of carbonyl (C=O) groups is 1. The molecule has 0 spiro atoms. The van der Waals surface area contributed by atoms with Crippen LogP contribution in [0.3, 0.4) is 0 Å². The molecule has 23 heavy (non-hydrogen) atoms.